The van der Waals surface area contributed by atoms with E-state index >= 15 is 0 Å². The van der Waals surface area contributed by atoms with E-state index in [0.717, 1.165) is 6.08 Å². The monoisotopic (exact) mass is 263 g/mol. The van der Waals surface area contributed by atoms with Crippen LogP contribution in [0.4, 0.5) is 0 Å². The average Bonchev–Trinajstić information content (AvgIpc) is 2.11. The lowest BCUT2D eigenvalue weighted by Crippen LogP contribution is -2.55. The van der Waals surface area contributed by atoms with Crippen LogP contribution in [-0.4, -0.2) is 35.4 Å². The van der Waals surface area contributed by atoms with E-state index in [1.807, 2.05) is 0 Å². The minimum absolute atomic E-state index is 0.372. The van der Waals surface area contributed by atoms with E-state index in [-0.39, 0.29) is 6.42 Å². The number of Topliss-reactive ketones (excluding diaryl/α,β-unsaturated/α-hetero) is 1. The second-order valence-corrected chi connectivity index (χ2v) is 5.92. The summed E-state index contributed by atoms with van der Waals surface area (Å²) in [4.78, 5) is 22.1. The molecular formula is C10H17NO5S. The smallest absolute Gasteiger partial charge is 0.270 e. The van der Waals surface area contributed by atoms with Crippen molar-refractivity contribution >= 4 is 21.8 Å². The van der Waals surface area contributed by atoms with Crippen LogP contribution in [0, 0.1) is 0 Å². The van der Waals surface area contributed by atoms with Crippen molar-refractivity contribution in [2.45, 2.75) is 38.0 Å². The Hall–Kier alpha value is -1.21. The molecule has 1 unspecified atom stereocenters. The van der Waals surface area contributed by atoms with Crippen LogP contribution in [-0.2, 0) is 19.7 Å². The Labute approximate surface area is 101 Å². The molecule has 2 N–H and O–H groups in total. The van der Waals surface area contributed by atoms with Crippen LogP contribution in [0.5, 0.6) is 0 Å². The first-order chi connectivity index (χ1) is 7.50. The van der Waals surface area contributed by atoms with Crippen molar-refractivity contribution in [3.05, 3.63) is 12.7 Å². The number of hydrogen-bond donors (Lipinski definition) is 2. The number of carbonyl (C=O) groups excluding carboxylic acids is 2. The lowest BCUT2D eigenvalue weighted by molar-refractivity contribution is -0.120. The summed E-state index contributed by atoms with van der Waals surface area (Å²) in [5.74, 6) is -0.972. The van der Waals surface area contributed by atoms with Gasteiger partial charge in [-0.1, -0.05) is 6.58 Å². The van der Waals surface area contributed by atoms with E-state index in [1.54, 1.807) is 0 Å². The molecule has 0 fully saturated rings. The molecule has 0 heterocycles. The highest BCUT2D eigenvalue weighted by Crippen LogP contribution is 2.20. The van der Waals surface area contributed by atoms with E-state index in [2.05, 4.69) is 11.9 Å². The van der Waals surface area contributed by atoms with Crippen LogP contribution in [0.3, 0.4) is 0 Å². The minimum Gasteiger partial charge on any atom is -0.346 e. The van der Waals surface area contributed by atoms with Crippen LogP contribution >= 0.6 is 0 Å². The first-order valence-corrected chi connectivity index (χ1v) is 6.41. The number of carbonyl (C=O) groups is 2. The zero-order chi connectivity index (χ0) is 13.9. The molecular weight excluding hydrogens is 246 g/mol. The predicted molar refractivity (Wildman–Crippen MR) is 63.1 cm³/mol. The van der Waals surface area contributed by atoms with E-state index in [0.29, 0.717) is 0 Å². The molecule has 0 radical (unpaired) electrons. The molecule has 0 aliphatic carbocycles. The van der Waals surface area contributed by atoms with Crippen LogP contribution in [0.1, 0.15) is 27.2 Å². The molecule has 0 saturated heterocycles. The van der Waals surface area contributed by atoms with Gasteiger partial charge in [0.1, 0.15) is 11.0 Å². The molecule has 0 aromatic heterocycles. The van der Waals surface area contributed by atoms with Crippen molar-refractivity contribution in [3.63, 3.8) is 0 Å². The highest BCUT2D eigenvalue weighted by Gasteiger charge is 2.40. The van der Waals surface area contributed by atoms with Gasteiger partial charge in [-0.05, 0) is 26.8 Å². The molecule has 1 atom stereocenters. The maximum absolute atomic E-state index is 11.2. The number of ketones is 1. The van der Waals surface area contributed by atoms with Crippen LogP contribution in [0.25, 0.3) is 0 Å². The van der Waals surface area contributed by atoms with Crippen molar-refractivity contribution in [2.75, 3.05) is 0 Å². The molecule has 0 aromatic carbocycles. The third kappa shape index (κ3) is 5.10. The van der Waals surface area contributed by atoms with Gasteiger partial charge in [-0.15, -0.1) is 0 Å². The molecule has 1 amide bonds. The van der Waals surface area contributed by atoms with Gasteiger partial charge < -0.3 is 5.32 Å². The second kappa shape index (κ2) is 5.42. The van der Waals surface area contributed by atoms with Gasteiger partial charge >= 0.3 is 0 Å². The molecule has 0 aromatic rings. The average molecular weight is 263 g/mol. The van der Waals surface area contributed by atoms with Gasteiger partial charge in [0.25, 0.3) is 10.1 Å². The summed E-state index contributed by atoms with van der Waals surface area (Å²) >= 11 is 0. The van der Waals surface area contributed by atoms with Gasteiger partial charge in [0, 0.05) is 6.42 Å². The lowest BCUT2D eigenvalue weighted by atomic mass is 9.96. The molecule has 6 nitrogen and oxygen atoms in total. The Bertz CT molecular complexity index is 424. The van der Waals surface area contributed by atoms with Crippen molar-refractivity contribution in [3.8, 4) is 0 Å². The summed E-state index contributed by atoms with van der Waals surface area (Å²) in [6.07, 6.45) is 0.611. The molecule has 17 heavy (non-hydrogen) atoms. The van der Waals surface area contributed by atoms with Crippen molar-refractivity contribution in [1.29, 1.82) is 0 Å². The first kappa shape index (κ1) is 15.8. The maximum atomic E-state index is 11.2. The van der Waals surface area contributed by atoms with Crippen LogP contribution < -0.4 is 5.32 Å². The first-order valence-electron chi connectivity index (χ1n) is 4.91. The number of amides is 1. The Balaban J connectivity index is 5.22. The van der Waals surface area contributed by atoms with Gasteiger partial charge in [-0.2, -0.15) is 8.42 Å². The Morgan fingerprint density at radius 1 is 1.47 bits per heavy atom. The Morgan fingerprint density at radius 3 is 2.24 bits per heavy atom. The van der Waals surface area contributed by atoms with Crippen molar-refractivity contribution in [1.82, 2.24) is 5.32 Å². The zero-order valence-electron chi connectivity index (χ0n) is 10.1. The quantitative estimate of drug-likeness (QED) is 0.530. The van der Waals surface area contributed by atoms with Crippen molar-refractivity contribution < 1.29 is 22.6 Å². The number of nitrogens with one attached hydrogen (secondary N) is 1. The fourth-order valence-electron chi connectivity index (χ4n) is 1.44. The largest absolute Gasteiger partial charge is 0.346 e. The zero-order valence-corrected chi connectivity index (χ0v) is 10.9. The van der Waals surface area contributed by atoms with E-state index in [1.165, 1.54) is 20.8 Å². The summed E-state index contributed by atoms with van der Waals surface area (Å²) in [7, 11) is -4.44. The molecule has 98 valence electrons. The molecule has 0 spiro atoms. The molecule has 0 bridgehead atoms. The van der Waals surface area contributed by atoms with Gasteiger partial charge in [0.2, 0.25) is 5.91 Å². The van der Waals surface area contributed by atoms with E-state index < -0.39 is 32.6 Å². The minimum atomic E-state index is -4.44. The van der Waals surface area contributed by atoms with Gasteiger partial charge in [-0.3, -0.25) is 14.1 Å². The Kier molecular flexibility index (Phi) is 5.03. The fourth-order valence-corrected chi connectivity index (χ4v) is 2.69. The standard InChI is InChI=1S/C10H17NO5S/c1-5-9(13)11-10(3,4)8(6-7(2)12)17(14,15)16/h5,8H,1,6H2,2-4H3,(H,11,13)(H,14,15,16). The number of hydrogen-bond acceptors (Lipinski definition) is 4. The summed E-state index contributed by atoms with van der Waals surface area (Å²) in [5, 5.41) is 0.977. The summed E-state index contributed by atoms with van der Waals surface area (Å²) < 4.78 is 31.5. The number of rotatable bonds is 6. The molecule has 0 saturated carbocycles. The molecule has 7 heteroatoms. The second-order valence-electron chi connectivity index (χ2n) is 4.32. The third-order valence-corrected chi connectivity index (χ3v) is 3.74. The van der Waals surface area contributed by atoms with Gasteiger partial charge in [0.05, 0.1) is 5.54 Å². The molecule has 0 rings (SSSR count). The maximum Gasteiger partial charge on any atom is 0.270 e. The highest BCUT2D eigenvalue weighted by molar-refractivity contribution is 7.86. The Morgan fingerprint density at radius 2 is 1.94 bits per heavy atom. The van der Waals surface area contributed by atoms with E-state index in [4.69, 9.17) is 4.55 Å². The van der Waals surface area contributed by atoms with Crippen LogP contribution in [0.2, 0.25) is 0 Å². The summed E-state index contributed by atoms with van der Waals surface area (Å²) in [6.45, 7) is 7.27. The molecule has 0 aliphatic heterocycles. The SMILES string of the molecule is C=CC(=O)NC(C)(C)C(CC(C)=O)S(=O)(=O)O. The van der Waals surface area contributed by atoms with Gasteiger partial charge in [-0.25, -0.2) is 0 Å². The summed E-state index contributed by atoms with van der Waals surface area (Å²) in [5.41, 5.74) is -1.27. The van der Waals surface area contributed by atoms with Gasteiger partial charge in [0.15, 0.2) is 0 Å². The summed E-state index contributed by atoms with van der Waals surface area (Å²) in [6, 6.07) is 0. The van der Waals surface area contributed by atoms with Crippen molar-refractivity contribution in [2.24, 2.45) is 0 Å². The third-order valence-electron chi connectivity index (χ3n) is 2.27. The predicted octanol–water partition coefficient (Wildman–Crippen LogP) is 0.303. The molecule has 0 aliphatic rings. The highest BCUT2D eigenvalue weighted by atomic mass is 32.2. The van der Waals surface area contributed by atoms with E-state index in [9.17, 15) is 18.0 Å². The topological polar surface area (TPSA) is 101 Å². The lowest BCUT2D eigenvalue weighted by Gasteiger charge is -2.32. The van der Waals surface area contributed by atoms with Crippen LogP contribution in [0.15, 0.2) is 12.7 Å². The normalized spacial score (nSPS) is 13.9. The fraction of sp³-hybridized carbons (Fsp3) is 0.600.